The van der Waals surface area contributed by atoms with E-state index in [1.807, 2.05) is 12.1 Å². The summed E-state index contributed by atoms with van der Waals surface area (Å²) >= 11 is 0. The van der Waals surface area contributed by atoms with Crippen LogP contribution in [0.4, 0.5) is 5.69 Å². The van der Waals surface area contributed by atoms with Crippen LogP contribution in [0.3, 0.4) is 0 Å². The first-order valence-electron chi connectivity index (χ1n) is 7.70. The Bertz CT molecular complexity index is 427. The Balaban J connectivity index is 1.54. The van der Waals surface area contributed by atoms with Gasteiger partial charge in [-0.2, -0.15) is 0 Å². The molecule has 0 bridgehead atoms. The summed E-state index contributed by atoms with van der Waals surface area (Å²) in [5.74, 6) is 0. The van der Waals surface area contributed by atoms with Gasteiger partial charge >= 0.3 is 0 Å². The van der Waals surface area contributed by atoms with Crippen molar-refractivity contribution in [1.82, 2.24) is 9.80 Å². The van der Waals surface area contributed by atoms with Crippen molar-refractivity contribution >= 4 is 5.69 Å². The molecule has 4 nitrogen and oxygen atoms in total. The highest BCUT2D eigenvalue weighted by Gasteiger charge is 2.29. The molecule has 3 rings (SSSR count). The second-order valence-corrected chi connectivity index (χ2v) is 5.85. The number of morpholine rings is 1. The molecule has 0 unspecified atom stereocenters. The second-order valence-electron chi connectivity index (χ2n) is 5.85. The highest BCUT2D eigenvalue weighted by molar-refractivity contribution is 5.46. The smallest absolute Gasteiger partial charge is 0.0594 e. The molecule has 2 aliphatic rings. The van der Waals surface area contributed by atoms with Gasteiger partial charge in [-0.15, -0.1) is 0 Å². The predicted octanol–water partition coefficient (Wildman–Crippen LogP) is 1.57. The number of nitrogen functional groups attached to an aromatic ring is 1. The molecule has 1 saturated heterocycles. The Morgan fingerprint density at radius 1 is 1.20 bits per heavy atom. The monoisotopic (exact) mass is 275 g/mol. The van der Waals surface area contributed by atoms with E-state index in [1.165, 1.54) is 18.4 Å². The van der Waals surface area contributed by atoms with Gasteiger partial charge in [-0.25, -0.2) is 0 Å². The first-order chi connectivity index (χ1) is 9.83. The molecule has 2 fully saturated rings. The maximum Gasteiger partial charge on any atom is 0.0594 e. The van der Waals surface area contributed by atoms with E-state index in [-0.39, 0.29) is 0 Å². The normalized spacial score (nSPS) is 20.4. The van der Waals surface area contributed by atoms with E-state index >= 15 is 0 Å². The van der Waals surface area contributed by atoms with Gasteiger partial charge in [-0.3, -0.25) is 9.80 Å². The fourth-order valence-corrected chi connectivity index (χ4v) is 2.82. The molecule has 1 aromatic carbocycles. The standard InChI is InChI=1S/C16H25N3O/c17-16-4-2-1-3-14(16)13-19(15-5-6-15)8-7-18-9-11-20-12-10-18/h1-4,15H,5-13,17H2. The van der Waals surface area contributed by atoms with Crippen molar-refractivity contribution in [1.29, 1.82) is 0 Å². The van der Waals surface area contributed by atoms with Crippen LogP contribution in [0.2, 0.25) is 0 Å². The summed E-state index contributed by atoms with van der Waals surface area (Å²) in [4.78, 5) is 5.11. The minimum Gasteiger partial charge on any atom is -0.398 e. The van der Waals surface area contributed by atoms with Crippen LogP contribution in [-0.2, 0) is 11.3 Å². The Morgan fingerprint density at radius 2 is 1.95 bits per heavy atom. The zero-order valence-electron chi connectivity index (χ0n) is 12.1. The van der Waals surface area contributed by atoms with Crippen molar-refractivity contribution in [3.05, 3.63) is 29.8 Å². The number of ether oxygens (including phenoxy) is 1. The molecular weight excluding hydrogens is 250 g/mol. The van der Waals surface area contributed by atoms with Gasteiger partial charge in [0.05, 0.1) is 13.2 Å². The fraction of sp³-hybridized carbons (Fsp3) is 0.625. The third kappa shape index (κ3) is 3.72. The third-order valence-electron chi connectivity index (χ3n) is 4.30. The number of rotatable bonds is 6. The van der Waals surface area contributed by atoms with Crippen LogP contribution in [0.25, 0.3) is 0 Å². The summed E-state index contributed by atoms with van der Waals surface area (Å²) in [6.45, 7) is 7.19. The number of nitrogens with two attached hydrogens (primary N) is 1. The molecule has 0 amide bonds. The Labute approximate surface area is 121 Å². The summed E-state index contributed by atoms with van der Waals surface area (Å²) in [5.41, 5.74) is 8.26. The van der Waals surface area contributed by atoms with Crippen molar-refractivity contribution in [2.24, 2.45) is 0 Å². The van der Waals surface area contributed by atoms with Crippen LogP contribution in [0, 0.1) is 0 Å². The van der Waals surface area contributed by atoms with Gasteiger partial charge in [0, 0.05) is 44.5 Å². The number of nitrogens with zero attached hydrogens (tertiary/aromatic N) is 2. The molecule has 0 aromatic heterocycles. The highest BCUT2D eigenvalue weighted by atomic mass is 16.5. The van der Waals surface area contributed by atoms with Crippen LogP contribution in [0.1, 0.15) is 18.4 Å². The number of anilines is 1. The average molecular weight is 275 g/mol. The van der Waals surface area contributed by atoms with Crippen LogP contribution >= 0.6 is 0 Å². The third-order valence-corrected chi connectivity index (χ3v) is 4.30. The predicted molar refractivity (Wildman–Crippen MR) is 81.5 cm³/mol. The molecule has 0 atom stereocenters. The number of benzene rings is 1. The number of hydrogen-bond donors (Lipinski definition) is 1. The van der Waals surface area contributed by atoms with Crippen LogP contribution in [0.15, 0.2) is 24.3 Å². The SMILES string of the molecule is Nc1ccccc1CN(CCN1CCOCC1)C1CC1. The lowest BCUT2D eigenvalue weighted by Crippen LogP contribution is -2.41. The van der Waals surface area contributed by atoms with Crippen LogP contribution in [0.5, 0.6) is 0 Å². The number of para-hydroxylation sites is 1. The first kappa shape index (κ1) is 13.9. The topological polar surface area (TPSA) is 41.7 Å². The zero-order valence-corrected chi connectivity index (χ0v) is 12.1. The summed E-state index contributed by atoms with van der Waals surface area (Å²) in [6, 6.07) is 9.02. The minimum atomic E-state index is 0.774. The van der Waals surface area contributed by atoms with E-state index in [2.05, 4.69) is 21.9 Å². The van der Waals surface area contributed by atoms with E-state index in [9.17, 15) is 0 Å². The molecular formula is C16H25N3O. The molecule has 4 heteroatoms. The van der Waals surface area contributed by atoms with Crippen molar-refractivity contribution in [3.63, 3.8) is 0 Å². The summed E-state index contributed by atoms with van der Waals surface area (Å²) < 4.78 is 5.41. The molecule has 1 heterocycles. The lowest BCUT2D eigenvalue weighted by Gasteiger charge is -2.30. The summed E-state index contributed by atoms with van der Waals surface area (Å²) in [6.07, 6.45) is 2.69. The molecule has 1 aliphatic carbocycles. The van der Waals surface area contributed by atoms with Crippen molar-refractivity contribution < 1.29 is 4.74 Å². The molecule has 0 spiro atoms. The van der Waals surface area contributed by atoms with Crippen molar-refractivity contribution in [2.75, 3.05) is 45.1 Å². The van der Waals surface area contributed by atoms with E-state index in [1.54, 1.807) is 0 Å². The van der Waals surface area contributed by atoms with Gasteiger partial charge in [0.2, 0.25) is 0 Å². The van der Waals surface area contributed by atoms with E-state index in [0.29, 0.717) is 0 Å². The second kappa shape index (κ2) is 6.57. The van der Waals surface area contributed by atoms with E-state index in [4.69, 9.17) is 10.5 Å². The van der Waals surface area contributed by atoms with Gasteiger partial charge in [-0.05, 0) is 24.5 Å². The molecule has 20 heavy (non-hydrogen) atoms. The largest absolute Gasteiger partial charge is 0.398 e. The van der Waals surface area contributed by atoms with Crippen LogP contribution in [-0.4, -0.2) is 55.2 Å². The van der Waals surface area contributed by atoms with Gasteiger partial charge in [-0.1, -0.05) is 18.2 Å². The number of hydrogen-bond acceptors (Lipinski definition) is 4. The van der Waals surface area contributed by atoms with Gasteiger partial charge in [0.1, 0.15) is 0 Å². The van der Waals surface area contributed by atoms with Gasteiger partial charge in [0.15, 0.2) is 0 Å². The Hall–Kier alpha value is -1.10. The first-order valence-corrected chi connectivity index (χ1v) is 7.70. The average Bonchev–Trinajstić information content (AvgIpc) is 3.31. The molecule has 1 aromatic rings. The Morgan fingerprint density at radius 3 is 2.65 bits per heavy atom. The summed E-state index contributed by atoms with van der Waals surface area (Å²) in [5, 5.41) is 0. The van der Waals surface area contributed by atoms with Gasteiger partial charge < -0.3 is 10.5 Å². The minimum absolute atomic E-state index is 0.774. The molecule has 0 radical (unpaired) electrons. The zero-order chi connectivity index (χ0) is 13.8. The molecule has 2 N–H and O–H groups in total. The van der Waals surface area contributed by atoms with E-state index in [0.717, 1.165) is 57.7 Å². The van der Waals surface area contributed by atoms with Gasteiger partial charge in [0.25, 0.3) is 0 Å². The molecule has 1 aliphatic heterocycles. The molecule has 1 saturated carbocycles. The fourth-order valence-electron chi connectivity index (χ4n) is 2.82. The Kier molecular flexibility index (Phi) is 4.55. The van der Waals surface area contributed by atoms with Crippen LogP contribution < -0.4 is 5.73 Å². The quantitative estimate of drug-likeness (QED) is 0.800. The maximum atomic E-state index is 6.07. The highest BCUT2D eigenvalue weighted by Crippen LogP contribution is 2.29. The lowest BCUT2D eigenvalue weighted by atomic mass is 10.1. The lowest BCUT2D eigenvalue weighted by molar-refractivity contribution is 0.0325. The maximum absolute atomic E-state index is 6.07. The van der Waals surface area contributed by atoms with E-state index < -0.39 is 0 Å². The summed E-state index contributed by atoms with van der Waals surface area (Å²) in [7, 11) is 0. The van der Waals surface area contributed by atoms with Crippen molar-refractivity contribution in [3.8, 4) is 0 Å². The molecule has 110 valence electrons. The van der Waals surface area contributed by atoms with Crippen molar-refractivity contribution in [2.45, 2.75) is 25.4 Å².